The van der Waals surface area contributed by atoms with Gasteiger partial charge < -0.3 is 15.4 Å². The lowest BCUT2D eigenvalue weighted by Crippen LogP contribution is -2.26. The molecule has 0 fully saturated rings. The fourth-order valence-corrected chi connectivity index (χ4v) is 1.53. The van der Waals surface area contributed by atoms with Gasteiger partial charge in [0.15, 0.2) is 0 Å². The molecule has 0 aromatic rings. The van der Waals surface area contributed by atoms with Crippen molar-refractivity contribution in [1.82, 2.24) is 10.6 Å². The van der Waals surface area contributed by atoms with Crippen LogP contribution in [0.1, 0.15) is 46.5 Å². The minimum Gasteiger partial charge on any atom is -0.463 e. The maximum atomic E-state index is 11.5. The van der Waals surface area contributed by atoms with Gasteiger partial charge in [-0.05, 0) is 40.2 Å². The van der Waals surface area contributed by atoms with Gasteiger partial charge in [0.2, 0.25) is 5.91 Å². The van der Waals surface area contributed by atoms with Crippen LogP contribution in [0.5, 0.6) is 0 Å². The van der Waals surface area contributed by atoms with E-state index in [0.29, 0.717) is 6.54 Å². The van der Waals surface area contributed by atoms with E-state index >= 15 is 0 Å². The maximum absolute atomic E-state index is 11.5. The van der Waals surface area contributed by atoms with E-state index in [1.165, 1.54) is 0 Å². The number of amides is 1. The van der Waals surface area contributed by atoms with Crippen LogP contribution in [0, 0.1) is 0 Å². The van der Waals surface area contributed by atoms with Crippen molar-refractivity contribution in [1.29, 1.82) is 0 Å². The lowest BCUT2D eigenvalue weighted by atomic mass is 10.2. The van der Waals surface area contributed by atoms with Crippen molar-refractivity contribution < 1.29 is 14.3 Å². The molecule has 116 valence electrons. The molecule has 0 aliphatic carbocycles. The zero-order valence-electron chi connectivity index (χ0n) is 13.0. The fraction of sp³-hybridized carbons (Fsp3) is 0.733. The van der Waals surface area contributed by atoms with Gasteiger partial charge in [0.05, 0.1) is 12.5 Å². The molecule has 0 spiro atoms. The third kappa shape index (κ3) is 13.1. The van der Waals surface area contributed by atoms with Crippen molar-refractivity contribution >= 4 is 11.9 Å². The molecule has 0 aliphatic heterocycles. The average Bonchev–Trinajstić information content (AvgIpc) is 2.34. The Bertz CT molecular complexity index is 314. The van der Waals surface area contributed by atoms with E-state index in [-0.39, 0.29) is 30.8 Å². The summed E-state index contributed by atoms with van der Waals surface area (Å²) in [5, 5.41) is 6.06. The van der Waals surface area contributed by atoms with Crippen molar-refractivity contribution in [2.75, 3.05) is 19.6 Å². The monoisotopic (exact) mass is 284 g/mol. The summed E-state index contributed by atoms with van der Waals surface area (Å²) in [6, 6.07) is 0. The van der Waals surface area contributed by atoms with Crippen LogP contribution in [0.25, 0.3) is 0 Å². The Balaban J connectivity index is 3.41. The Morgan fingerprint density at radius 3 is 2.40 bits per heavy atom. The van der Waals surface area contributed by atoms with Crippen molar-refractivity contribution in [2.24, 2.45) is 0 Å². The highest BCUT2D eigenvalue weighted by Gasteiger charge is 2.08. The standard InChI is InChI=1S/C15H28N2O3/c1-12(2)11-16-9-5-6-10-17-14(18)7-8-15(19)20-13(3)4/h13,16H,1,5-11H2,2-4H3,(H,17,18). The summed E-state index contributed by atoms with van der Waals surface area (Å²) < 4.78 is 4.96. The molecule has 0 unspecified atom stereocenters. The van der Waals surface area contributed by atoms with Crippen LogP contribution in [-0.2, 0) is 14.3 Å². The van der Waals surface area contributed by atoms with Gasteiger partial charge in [0.1, 0.15) is 0 Å². The number of carbonyl (C=O) groups is 2. The number of ether oxygens (including phenoxy) is 1. The average molecular weight is 284 g/mol. The van der Waals surface area contributed by atoms with Crippen LogP contribution >= 0.6 is 0 Å². The van der Waals surface area contributed by atoms with Crippen LogP contribution < -0.4 is 10.6 Å². The molecule has 0 radical (unpaired) electrons. The summed E-state index contributed by atoms with van der Waals surface area (Å²) in [6.07, 6.45) is 2.13. The predicted octanol–water partition coefficient (Wildman–Crippen LogP) is 1.78. The third-order valence-corrected chi connectivity index (χ3v) is 2.45. The van der Waals surface area contributed by atoms with Crippen molar-refractivity contribution in [3.8, 4) is 0 Å². The molecule has 0 aromatic heterocycles. The van der Waals surface area contributed by atoms with Gasteiger partial charge in [-0.2, -0.15) is 0 Å². The normalized spacial score (nSPS) is 10.4. The summed E-state index contributed by atoms with van der Waals surface area (Å²) >= 11 is 0. The number of rotatable bonds is 11. The van der Waals surface area contributed by atoms with E-state index in [9.17, 15) is 9.59 Å². The molecule has 0 aliphatic rings. The van der Waals surface area contributed by atoms with Crippen LogP contribution in [-0.4, -0.2) is 37.6 Å². The second-order valence-corrected chi connectivity index (χ2v) is 5.23. The van der Waals surface area contributed by atoms with Gasteiger partial charge in [-0.15, -0.1) is 0 Å². The molecule has 0 rings (SSSR count). The zero-order chi connectivity index (χ0) is 15.4. The molecule has 20 heavy (non-hydrogen) atoms. The van der Waals surface area contributed by atoms with E-state index in [2.05, 4.69) is 17.2 Å². The van der Waals surface area contributed by atoms with E-state index in [0.717, 1.165) is 31.5 Å². The Kier molecular flexibility index (Phi) is 10.7. The quantitative estimate of drug-likeness (QED) is 0.345. The molecule has 0 aromatic carbocycles. The minimum atomic E-state index is -0.320. The van der Waals surface area contributed by atoms with E-state index in [1.54, 1.807) is 13.8 Å². The molecular weight excluding hydrogens is 256 g/mol. The van der Waals surface area contributed by atoms with Gasteiger partial charge in [-0.1, -0.05) is 12.2 Å². The van der Waals surface area contributed by atoms with Gasteiger partial charge in [-0.3, -0.25) is 9.59 Å². The first-order valence-corrected chi connectivity index (χ1v) is 7.23. The summed E-state index contributed by atoms with van der Waals surface area (Å²) in [6.45, 7) is 11.8. The van der Waals surface area contributed by atoms with Crippen LogP contribution in [0.15, 0.2) is 12.2 Å². The smallest absolute Gasteiger partial charge is 0.306 e. The number of nitrogens with one attached hydrogen (secondary N) is 2. The molecule has 0 atom stereocenters. The fourth-order valence-electron chi connectivity index (χ4n) is 1.53. The highest BCUT2D eigenvalue weighted by atomic mass is 16.5. The molecular formula is C15H28N2O3. The van der Waals surface area contributed by atoms with E-state index in [1.807, 2.05) is 6.92 Å². The van der Waals surface area contributed by atoms with Gasteiger partial charge in [-0.25, -0.2) is 0 Å². The van der Waals surface area contributed by atoms with Gasteiger partial charge in [0.25, 0.3) is 0 Å². The third-order valence-electron chi connectivity index (χ3n) is 2.45. The van der Waals surface area contributed by atoms with Crippen molar-refractivity contribution in [3.05, 3.63) is 12.2 Å². The zero-order valence-corrected chi connectivity index (χ0v) is 13.0. The topological polar surface area (TPSA) is 67.4 Å². The summed E-state index contributed by atoms with van der Waals surface area (Å²) in [5.74, 6) is -0.417. The number of hydrogen-bond acceptors (Lipinski definition) is 4. The molecule has 5 heteroatoms. The molecule has 5 nitrogen and oxygen atoms in total. The Hall–Kier alpha value is -1.36. The van der Waals surface area contributed by atoms with Crippen molar-refractivity contribution in [2.45, 2.75) is 52.6 Å². The summed E-state index contributed by atoms with van der Waals surface area (Å²) in [4.78, 5) is 22.7. The minimum absolute atomic E-state index is 0.0967. The van der Waals surface area contributed by atoms with Gasteiger partial charge >= 0.3 is 5.97 Å². The van der Waals surface area contributed by atoms with Crippen molar-refractivity contribution in [3.63, 3.8) is 0 Å². The number of carbonyl (C=O) groups excluding carboxylic acids is 2. The summed E-state index contributed by atoms with van der Waals surface area (Å²) in [7, 11) is 0. The second-order valence-electron chi connectivity index (χ2n) is 5.23. The number of unbranched alkanes of at least 4 members (excludes halogenated alkanes) is 1. The van der Waals surface area contributed by atoms with E-state index in [4.69, 9.17) is 4.74 Å². The summed E-state index contributed by atoms with van der Waals surface area (Å²) in [5.41, 5.74) is 1.12. The highest BCUT2D eigenvalue weighted by Crippen LogP contribution is 1.97. The van der Waals surface area contributed by atoms with Crippen LogP contribution in [0.3, 0.4) is 0 Å². The van der Waals surface area contributed by atoms with Gasteiger partial charge in [0, 0.05) is 19.5 Å². The number of esters is 1. The largest absolute Gasteiger partial charge is 0.463 e. The lowest BCUT2D eigenvalue weighted by Gasteiger charge is -2.08. The Morgan fingerprint density at radius 2 is 1.80 bits per heavy atom. The SMILES string of the molecule is C=C(C)CNCCCCNC(=O)CCC(=O)OC(C)C. The Labute approximate surface area is 122 Å². The molecule has 0 heterocycles. The molecule has 0 saturated heterocycles. The number of hydrogen-bond donors (Lipinski definition) is 2. The molecule has 2 N–H and O–H groups in total. The van der Waals surface area contributed by atoms with Crippen LogP contribution in [0.2, 0.25) is 0 Å². The lowest BCUT2D eigenvalue weighted by molar-refractivity contribution is -0.148. The first-order valence-electron chi connectivity index (χ1n) is 7.23. The molecule has 0 saturated carbocycles. The molecule has 1 amide bonds. The van der Waals surface area contributed by atoms with Crippen LogP contribution in [0.4, 0.5) is 0 Å². The van der Waals surface area contributed by atoms with E-state index < -0.39 is 0 Å². The second kappa shape index (κ2) is 11.5. The molecule has 0 bridgehead atoms. The predicted molar refractivity (Wildman–Crippen MR) is 80.4 cm³/mol. The highest BCUT2D eigenvalue weighted by molar-refractivity contribution is 5.81. The Morgan fingerprint density at radius 1 is 1.15 bits per heavy atom. The first kappa shape index (κ1) is 18.6. The first-order chi connectivity index (χ1) is 9.41. The maximum Gasteiger partial charge on any atom is 0.306 e.